The van der Waals surface area contributed by atoms with Crippen LogP contribution in [0.1, 0.15) is 5.56 Å². The van der Waals surface area contributed by atoms with Gasteiger partial charge < -0.3 is 19.5 Å². The highest BCUT2D eigenvalue weighted by molar-refractivity contribution is 7.92. The maximum Gasteiger partial charge on any atom is 0.263 e. The molecule has 0 fully saturated rings. The van der Waals surface area contributed by atoms with Crippen LogP contribution in [0.25, 0.3) is 0 Å². The van der Waals surface area contributed by atoms with Crippen LogP contribution in [0.3, 0.4) is 0 Å². The molecule has 2 aliphatic heterocycles. The number of sulfonamides is 1. The van der Waals surface area contributed by atoms with E-state index in [0.717, 1.165) is 0 Å². The summed E-state index contributed by atoms with van der Waals surface area (Å²) in [5, 5.41) is 2.81. The molecule has 2 aliphatic rings. The van der Waals surface area contributed by atoms with Crippen molar-refractivity contribution in [1.82, 2.24) is 5.32 Å². The molecule has 5 rings (SSSR count). The van der Waals surface area contributed by atoms with Gasteiger partial charge in [-0.2, -0.15) is 0 Å². The van der Waals surface area contributed by atoms with Crippen LogP contribution in [-0.4, -0.2) is 46.2 Å². The van der Waals surface area contributed by atoms with Gasteiger partial charge in [0.05, 0.1) is 24.5 Å². The minimum atomic E-state index is -3.76. The third-order valence-electron chi connectivity index (χ3n) is 5.63. The number of para-hydroxylation sites is 4. The number of carbonyl (C=O) groups is 1. The summed E-state index contributed by atoms with van der Waals surface area (Å²) in [5.74, 6) is 1.03. The first-order valence-corrected chi connectivity index (χ1v) is 12.6. The van der Waals surface area contributed by atoms with Gasteiger partial charge in [-0.3, -0.25) is 9.10 Å². The van der Waals surface area contributed by atoms with Crippen LogP contribution >= 0.6 is 0 Å². The number of amides is 1. The molecule has 1 amide bonds. The summed E-state index contributed by atoms with van der Waals surface area (Å²) in [5.41, 5.74) is 1.09. The van der Waals surface area contributed by atoms with E-state index in [2.05, 4.69) is 5.32 Å². The minimum absolute atomic E-state index is 0.122. The lowest BCUT2D eigenvalue weighted by Crippen LogP contribution is -2.52. The lowest BCUT2D eigenvalue weighted by molar-refractivity contribution is -0.128. The van der Waals surface area contributed by atoms with E-state index in [1.807, 2.05) is 24.3 Å². The molecule has 34 heavy (non-hydrogen) atoms. The van der Waals surface area contributed by atoms with Crippen molar-refractivity contribution in [3.05, 3.63) is 84.4 Å². The molecule has 3 aromatic rings. The molecule has 0 saturated carbocycles. The quantitative estimate of drug-likeness (QED) is 0.583. The van der Waals surface area contributed by atoms with Crippen molar-refractivity contribution in [2.24, 2.45) is 0 Å². The monoisotopic (exact) mass is 480 g/mol. The number of fused-ring (bicyclic) bond motifs is 2. The van der Waals surface area contributed by atoms with Crippen molar-refractivity contribution >= 4 is 21.6 Å². The van der Waals surface area contributed by atoms with Gasteiger partial charge in [-0.1, -0.05) is 54.6 Å². The first-order chi connectivity index (χ1) is 16.5. The highest BCUT2D eigenvalue weighted by Gasteiger charge is 2.37. The number of carbonyl (C=O) groups excluding carboxylic acids is 1. The van der Waals surface area contributed by atoms with E-state index in [4.69, 9.17) is 14.2 Å². The average Bonchev–Trinajstić information content (AvgIpc) is 2.86. The molecule has 3 aromatic carbocycles. The summed E-state index contributed by atoms with van der Waals surface area (Å²) < 4.78 is 45.3. The molecule has 0 unspecified atom stereocenters. The van der Waals surface area contributed by atoms with E-state index >= 15 is 0 Å². The summed E-state index contributed by atoms with van der Waals surface area (Å²) in [6, 6.07) is 23.1. The number of ether oxygens (including phenoxy) is 3. The number of hydrogen-bond acceptors (Lipinski definition) is 6. The molecule has 2 atom stereocenters. The number of benzene rings is 3. The summed E-state index contributed by atoms with van der Waals surface area (Å²) in [6.07, 6.45) is -1.37. The van der Waals surface area contributed by atoms with Gasteiger partial charge in [0, 0.05) is 0 Å². The lowest BCUT2D eigenvalue weighted by Gasteiger charge is -2.35. The van der Waals surface area contributed by atoms with Gasteiger partial charge in [-0.05, 0) is 29.8 Å². The van der Waals surface area contributed by atoms with Gasteiger partial charge in [0.25, 0.3) is 5.91 Å². The second-order valence-electron chi connectivity index (χ2n) is 8.09. The number of hydrogen-bond donors (Lipinski definition) is 1. The Labute approximate surface area is 198 Å². The molecule has 9 heteroatoms. The summed E-state index contributed by atoms with van der Waals surface area (Å²) in [6.45, 7) is 0.373. The molecule has 0 saturated heterocycles. The SMILES string of the molecule is O=C(NC[C@H]1COc2ccccc2O1)[C@H]1CN(S(=O)(=O)Cc2ccccc2)c2ccccc2O1. The first kappa shape index (κ1) is 22.1. The van der Waals surface area contributed by atoms with Crippen LogP contribution in [0.15, 0.2) is 78.9 Å². The van der Waals surface area contributed by atoms with Gasteiger partial charge in [0.2, 0.25) is 10.0 Å². The summed E-state index contributed by atoms with van der Waals surface area (Å²) in [4.78, 5) is 13.0. The van der Waals surface area contributed by atoms with Crippen LogP contribution in [0.2, 0.25) is 0 Å². The highest BCUT2D eigenvalue weighted by Crippen LogP contribution is 2.36. The van der Waals surface area contributed by atoms with Crippen molar-refractivity contribution in [3.63, 3.8) is 0 Å². The fourth-order valence-corrected chi connectivity index (χ4v) is 5.54. The number of anilines is 1. The van der Waals surface area contributed by atoms with E-state index < -0.39 is 22.0 Å². The number of nitrogens with one attached hydrogen (secondary N) is 1. The minimum Gasteiger partial charge on any atom is -0.486 e. The van der Waals surface area contributed by atoms with Gasteiger partial charge >= 0.3 is 0 Å². The predicted molar refractivity (Wildman–Crippen MR) is 127 cm³/mol. The van der Waals surface area contributed by atoms with Crippen LogP contribution in [0.4, 0.5) is 5.69 Å². The lowest BCUT2D eigenvalue weighted by atomic mass is 10.2. The Morgan fingerprint density at radius 1 is 0.882 bits per heavy atom. The van der Waals surface area contributed by atoms with Crippen LogP contribution in [-0.2, 0) is 20.6 Å². The Hall–Kier alpha value is -3.72. The molecule has 0 spiro atoms. The molecule has 0 aliphatic carbocycles. The number of rotatable bonds is 6. The molecule has 0 radical (unpaired) electrons. The molecule has 0 bridgehead atoms. The fraction of sp³-hybridized carbons (Fsp3) is 0.240. The van der Waals surface area contributed by atoms with Crippen molar-refractivity contribution in [3.8, 4) is 17.2 Å². The molecule has 1 N–H and O–H groups in total. The Morgan fingerprint density at radius 2 is 1.56 bits per heavy atom. The zero-order valence-corrected chi connectivity index (χ0v) is 19.1. The van der Waals surface area contributed by atoms with E-state index in [9.17, 15) is 13.2 Å². The molecule has 176 valence electrons. The van der Waals surface area contributed by atoms with Crippen molar-refractivity contribution in [1.29, 1.82) is 0 Å². The van der Waals surface area contributed by atoms with Crippen LogP contribution in [0, 0.1) is 0 Å². The second-order valence-corrected chi connectivity index (χ2v) is 9.98. The molecular formula is C25H24N2O6S. The second kappa shape index (κ2) is 9.26. The normalized spacial score (nSPS) is 19.0. The van der Waals surface area contributed by atoms with Crippen molar-refractivity contribution in [2.75, 3.05) is 24.0 Å². The molecule has 8 nitrogen and oxygen atoms in total. The standard InChI is InChI=1S/C25H24N2O6S/c28-25(26-14-19-16-31-22-12-6-7-13-23(22)32-19)24-15-27(20-10-4-5-11-21(20)33-24)34(29,30)17-18-8-2-1-3-9-18/h1-13,19,24H,14-17H2,(H,26,28)/t19-,24+/m0/s1. The van der Waals surface area contributed by atoms with Gasteiger partial charge in [-0.15, -0.1) is 0 Å². The van der Waals surface area contributed by atoms with Gasteiger partial charge in [-0.25, -0.2) is 8.42 Å². The fourth-order valence-electron chi connectivity index (χ4n) is 3.96. The van der Waals surface area contributed by atoms with Gasteiger partial charge in [0.15, 0.2) is 17.6 Å². The van der Waals surface area contributed by atoms with E-state index in [0.29, 0.717) is 35.1 Å². The maximum absolute atomic E-state index is 13.3. The largest absolute Gasteiger partial charge is 0.486 e. The topological polar surface area (TPSA) is 94.2 Å². The third kappa shape index (κ3) is 4.65. The van der Waals surface area contributed by atoms with Crippen molar-refractivity contribution < 1.29 is 27.4 Å². The van der Waals surface area contributed by atoms with Crippen LogP contribution < -0.4 is 23.8 Å². The first-order valence-electron chi connectivity index (χ1n) is 11.0. The predicted octanol–water partition coefficient (Wildman–Crippen LogP) is 2.74. The van der Waals surface area contributed by atoms with E-state index in [-0.39, 0.29) is 24.9 Å². The Balaban J connectivity index is 1.29. The smallest absolute Gasteiger partial charge is 0.263 e. The van der Waals surface area contributed by atoms with E-state index in [1.165, 1.54) is 4.31 Å². The Kier molecular flexibility index (Phi) is 6.02. The summed E-state index contributed by atoms with van der Waals surface area (Å²) in [7, 11) is -3.76. The maximum atomic E-state index is 13.3. The zero-order chi connectivity index (χ0) is 23.5. The number of nitrogens with zero attached hydrogens (tertiary/aromatic N) is 1. The Morgan fingerprint density at radius 3 is 2.35 bits per heavy atom. The van der Waals surface area contributed by atoms with E-state index in [1.54, 1.807) is 54.6 Å². The zero-order valence-electron chi connectivity index (χ0n) is 18.3. The van der Waals surface area contributed by atoms with Crippen molar-refractivity contribution in [2.45, 2.75) is 18.0 Å². The average molecular weight is 481 g/mol. The molecule has 2 heterocycles. The molecule has 0 aromatic heterocycles. The summed E-state index contributed by atoms with van der Waals surface area (Å²) >= 11 is 0. The highest BCUT2D eigenvalue weighted by atomic mass is 32.2. The Bertz CT molecular complexity index is 1280. The van der Waals surface area contributed by atoms with Gasteiger partial charge in [0.1, 0.15) is 18.5 Å². The third-order valence-corrected chi connectivity index (χ3v) is 7.34. The van der Waals surface area contributed by atoms with Crippen LogP contribution in [0.5, 0.6) is 17.2 Å². The molecular weight excluding hydrogens is 456 g/mol.